The van der Waals surface area contributed by atoms with Crippen molar-refractivity contribution in [3.63, 3.8) is 0 Å². The molecule has 1 atom stereocenters. The van der Waals surface area contributed by atoms with Crippen LogP contribution < -0.4 is 4.90 Å². The number of aromatic nitrogens is 2. The second-order valence-corrected chi connectivity index (χ2v) is 7.88. The van der Waals surface area contributed by atoms with Gasteiger partial charge in [-0.3, -0.25) is 0 Å². The van der Waals surface area contributed by atoms with Gasteiger partial charge in [0.25, 0.3) is 0 Å². The largest absolute Gasteiger partial charge is 0.355 e. The lowest BCUT2D eigenvalue weighted by molar-refractivity contribution is 0.315. The van der Waals surface area contributed by atoms with Gasteiger partial charge in [0, 0.05) is 47.7 Å². The van der Waals surface area contributed by atoms with E-state index in [9.17, 15) is 0 Å². The summed E-state index contributed by atoms with van der Waals surface area (Å²) in [5, 5.41) is 0.728. The third-order valence-electron chi connectivity index (χ3n) is 5.24. The number of hydrogen-bond acceptors (Lipinski definition) is 4. The van der Waals surface area contributed by atoms with Crippen molar-refractivity contribution in [1.29, 1.82) is 0 Å². The fourth-order valence-corrected chi connectivity index (χ4v) is 3.56. The highest BCUT2D eigenvalue weighted by Gasteiger charge is 2.24. The Balaban J connectivity index is 1.42. The van der Waals surface area contributed by atoms with Gasteiger partial charge >= 0.3 is 0 Å². The lowest BCUT2D eigenvalue weighted by Crippen LogP contribution is -2.31. The molecule has 0 N–H and O–H groups in total. The summed E-state index contributed by atoms with van der Waals surface area (Å²) in [6, 6.07) is 16.4. The first kappa shape index (κ1) is 19.4. The van der Waals surface area contributed by atoms with Gasteiger partial charge in [0.1, 0.15) is 11.5 Å². The van der Waals surface area contributed by atoms with Crippen molar-refractivity contribution in [2.45, 2.75) is 12.5 Å². The van der Waals surface area contributed by atoms with E-state index in [0.29, 0.717) is 6.04 Å². The molecule has 0 radical (unpaired) electrons. The zero-order chi connectivity index (χ0) is 20.2. The Kier molecular flexibility index (Phi) is 5.80. The maximum atomic E-state index is 5.95. The molecule has 1 unspecified atom stereocenters. The van der Waals surface area contributed by atoms with Crippen molar-refractivity contribution in [3.05, 3.63) is 77.2 Å². The molecule has 29 heavy (non-hydrogen) atoms. The first-order valence-electron chi connectivity index (χ1n) is 9.70. The summed E-state index contributed by atoms with van der Waals surface area (Å²) < 4.78 is 0. The minimum absolute atomic E-state index is 0.596. The SMILES string of the molecule is CN(C)C1CCN(c2ccc(C#Cc3ccc(-c4ccc(Cl)cc4)cn3)cn2)C1. The Morgan fingerprint density at radius 3 is 2.34 bits per heavy atom. The first-order chi connectivity index (χ1) is 14.1. The quantitative estimate of drug-likeness (QED) is 0.610. The topological polar surface area (TPSA) is 32.3 Å². The van der Waals surface area contributed by atoms with E-state index in [1.165, 1.54) is 6.42 Å². The normalized spacial score (nSPS) is 16.0. The van der Waals surface area contributed by atoms with Crippen LogP contribution in [-0.4, -0.2) is 48.1 Å². The molecule has 1 saturated heterocycles. The molecule has 1 aromatic carbocycles. The van der Waals surface area contributed by atoms with E-state index in [4.69, 9.17) is 11.6 Å². The third-order valence-corrected chi connectivity index (χ3v) is 5.49. The highest BCUT2D eigenvalue weighted by Crippen LogP contribution is 2.21. The molecule has 146 valence electrons. The van der Waals surface area contributed by atoms with Gasteiger partial charge in [-0.15, -0.1) is 0 Å². The van der Waals surface area contributed by atoms with Crippen LogP contribution in [0.2, 0.25) is 5.02 Å². The van der Waals surface area contributed by atoms with E-state index in [-0.39, 0.29) is 0 Å². The van der Waals surface area contributed by atoms with Crippen molar-refractivity contribution >= 4 is 17.4 Å². The van der Waals surface area contributed by atoms with Crippen LogP contribution in [0, 0.1) is 11.8 Å². The highest BCUT2D eigenvalue weighted by molar-refractivity contribution is 6.30. The molecule has 0 aliphatic carbocycles. The molecule has 5 heteroatoms. The fourth-order valence-electron chi connectivity index (χ4n) is 3.44. The van der Waals surface area contributed by atoms with Gasteiger partial charge in [0.15, 0.2) is 0 Å². The Morgan fingerprint density at radius 1 is 0.931 bits per heavy atom. The number of pyridine rings is 2. The molecule has 4 nitrogen and oxygen atoms in total. The summed E-state index contributed by atoms with van der Waals surface area (Å²) in [5.41, 5.74) is 3.75. The molecule has 2 aromatic heterocycles. The molecule has 0 saturated carbocycles. The average Bonchev–Trinajstić information content (AvgIpc) is 3.24. The summed E-state index contributed by atoms with van der Waals surface area (Å²) >= 11 is 5.95. The maximum Gasteiger partial charge on any atom is 0.128 e. The molecular formula is C24H23ClN4. The van der Waals surface area contributed by atoms with Crippen molar-refractivity contribution in [2.24, 2.45) is 0 Å². The van der Waals surface area contributed by atoms with Gasteiger partial charge in [0.05, 0.1) is 0 Å². The van der Waals surface area contributed by atoms with Crippen LogP contribution in [-0.2, 0) is 0 Å². The van der Waals surface area contributed by atoms with Gasteiger partial charge in [-0.05, 0) is 62.3 Å². The van der Waals surface area contributed by atoms with Crippen LogP contribution in [0.25, 0.3) is 11.1 Å². The van der Waals surface area contributed by atoms with Gasteiger partial charge < -0.3 is 9.80 Å². The minimum atomic E-state index is 0.596. The second kappa shape index (κ2) is 8.65. The predicted octanol–water partition coefficient (Wildman–Crippen LogP) is 4.34. The lowest BCUT2D eigenvalue weighted by Gasteiger charge is -2.20. The van der Waals surface area contributed by atoms with Gasteiger partial charge in [-0.1, -0.05) is 35.7 Å². The molecule has 0 spiro atoms. The van der Waals surface area contributed by atoms with Crippen molar-refractivity contribution in [1.82, 2.24) is 14.9 Å². The van der Waals surface area contributed by atoms with E-state index in [0.717, 1.165) is 46.3 Å². The van der Waals surface area contributed by atoms with Crippen molar-refractivity contribution < 1.29 is 0 Å². The number of benzene rings is 1. The monoisotopic (exact) mass is 402 g/mol. The number of anilines is 1. The first-order valence-corrected chi connectivity index (χ1v) is 10.1. The molecule has 1 fully saturated rings. The molecular weight excluding hydrogens is 380 g/mol. The number of hydrogen-bond donors (Lipinski definition) is 0. The number of rotatable bonds is 3. The van der Waals surface area contributed by atoms with E-state index < -0.39 is 0 Å². The zero-order valence-electron chi connectivity index (χ0n) is 16.6. The van der Waals surface area contributed by atoms with Gasteiger partial charge in [-0.25, -0.2) is 9.97 Å². The Hall–Kier alpha value is -2.87. The van der Waals surface area contributed by atoms with Crippen LogP contribution in [0.1, 0.15) is 17.7 Å². The van der Waals surface area contributed by atoms with Crippen molar-refractivity contribution in [2.75, 3.05) is 32.1 Å². The number of nitrogens with zero attached hydrogens (tertiary/aromatic N) is 4. The van der Waals surface area contributed by atoms with Crippen LogP contribution in [0.4, 0.5) is 5.82 Å². The molecule has 1 aliphatic heterocycles. The Morgan fingerprint density at radius 2 is 1.72 bits per heavy atom. The summed E-state index contributed by atoms with van der Waals surface area (Å²) in [5.74, 6) is 7.29. The summed E-state index contributed by atoms with van der Waals surface area (Å²) in [6.45, 7) is 2.07. The molecule has 0 bridgehead atoms. The molecule has 4 rings (SSSR count). The Labute approximate surface area is 177 Å². The molecule has 3 aromatic rings. The fraction of sp³-hybridized carbons (Fsp3) is 0.250. The van der Waals surface area contributed by atoms with Crippen LogP contribution in [0.5, 0.6) is 0 Å². The summed E-state index contributed by atoms with van der Waals surface area (Å²) in [4.78, 5) is 13.7. The average molecular weight is 403 g/mol. The maximum absolute atomic E-state index is 5.95. The second-order valence-electron chi connectivity index (χ2n) is 7.45. The molecule has 1 aliphatic rings. The lowest BCUT2D eigenvalue weighted by atomic mass is 10.1. The van der Waals surface area contributed by atoms with Crippen LogP contribution >= 0.6 is 11.6 Å². The van der Waals surface area contributed by atoms with Crippen molar-refractivity contribution in [3.8, 4) is 23.0 Å². The molecule has 3 heterocycles. The number of likely N-dealkylation sites (N-methyl/N-ethyl adjacent to an activating group) is 1. The van der Waals surface area contributed by atoms with Gasteiger partial charge in [0.2, 0.25) is 0 Å². The standard InChI is InChI=1S/C24H23ClN4/c1-28(2)23-13-14-29(17-23)24-12-4-18(15-27-24)3-10-22-11-7-20(16-26-22)19-5-8-21(25)9-6-19/h4-9,11-12,15-16,23H,13-14,17H2,1-2H3. The number of halogens is 1. The smallest absolute Gasteiger partial charge is 0.128 e. The molecule has 0 amide bonds. The van der Waals surface area contributed by atoms with Crippen LogP contribution in [0.15, 0.2) is 60.9 Å². The predicted molar refractivity (Wildman–Crippen MR) is 119 cm³/mol. The summed E-state index contributed by atoms with van der Waals surface area (Å²) in [6.07, 6.45) is 4.85. The van der Waals surface area contributed by atoms with E-state index in [1.54, 1.807) is 0 Å². The third kappa shape index (κ3) is 4.76. The minimum Gasteiger partial charge on any atom is -0.355 e. The zero-order valence-corrected chi connectivity index (χ0v) is 17.4. The van der Waals surface area contributed by atoms with E-state index in [1.807, 2.05) is 54.9 Å². The highest BCUT2D eigenvalue weighted by atomic mass is 35.5. The summed E-state index contributed by atoms with van der Waals surface area (Å²) in [7, 11) is 4.27. The Bertz CT molecular complexity index is 1020. The van der Waals surface area contributed by atoms with Gasteiger partial charge in [-0.2, -0.15) is 0 Å². The van der Waals surface area contributed by atoms with E-state index in [2.05, 4.69) is 51.8 Å². The van der Waals surface area contributed by atoms with Crippen LogP contribution in [0.3, 0.4) is 0 Å². The van der Waals surface area contributed by atoms with E-state index >= 15 is 0 Å².